The van der Waals surface area contributed by atoms with Gasteiger partial charge >= 0.3 is 0 Å². The second-order valence-electron chi connectivity index (χ2n) is 4.39. The lowest BCUT2D eigenvalue weighted by atomic mass is 9.91. The Labute approximate surface area is 100 Å². The number of rotatable bonds is 3. The van der Waals surface area contributed by atoms with E-state index in [1.54, 1.807) is 6.07 Å². The first-order valence-electron chi connectivity index (χ1n) is 5.32. The highest BCUT2D eigenvalue weighted by Crippen LogP contribution is 2.29. The molecule has 2 unspecified atom stereocenters. The minimum atomic E-state index is -0.0619. The van der Waals surface area contributed by atoms with E-state index in [1.807, 2.05) is 19.9 Å². The summed E-state index contributed by atoms with van der Waals surface area (Å²) in [6.45, 7) is 8.09. The fourth-order valence-electron chi connectivity index (χ4n) is 2.16. The predicted molar refractivity (Wildman–Crippen MR) is 67.3 cm³/mol. The molecule has 0 radical (unpaired) electrons. The molecule has 0 fully saturated rings. The van der Waals surface area contributed by atoms with Crippen molar-refractivity contribution in [3.63, 3.8) is 0 Å². The summed E-state index contributed by atoms with van der Waals surface area (Å²) in [6, 6.07) is 3.67. The van der Waals surface area contributed by atoms with Gasteiger partial charge in [0.05, 0.1) is 0 Å². The van der Waals surface area contributed by atoms with Crippen molar-refractivity contribution in [3.8, 4) is 0 Å². The van der Waals surface area contributed by atoms with Crippen LogP contribution in [0.2, 0.25) is 0 Å². The molecule has 0 nitrogen and oxygen atoms in total. The number of aryl methyl sites for hydroxylation is 2. The van der Waals surface area contributed by atoms with E-state index in [0.29, 0.717) is 4.83 Å². The Bertz CT molecular complexity index is 321. The van der Waals surface area contributed by atoms with Gasteiger partial charge in [0, 0.05) is 4.83 Å². The average Bonchev–Trinajstić information content (AvgIpc) is 1.99. The van der Waals surface area contributed by atoms with Gasteiger partial charge in [0.2, 0.25) is 0 Å². The highest BCUT2D eigenvalue weighted by molar-refractivity contribution is 9.09. The van der Waals surface area contributed by atoms with Gasteiger partial charge in [-0.1, -0.05) is 35.8 Å². The van der Waals surface area contributed by atoms with Gasteiger partial charge in [0.25, 0.3) is 0 Å². The van der Waals surface area contributed by atoms with Crippen molar-refractivity contribution in [2.45, 2.75) is 44.9 Å². The van der Waals surface area contributed by atoms with E-state index in [9.17, 15) is 4.39 Å². The molecule has 0 bridgehead atoms. The maximum Gasteiger partial charge on any atom is 0.127 e. The largest absolute Gasteiger partial charge is 0.207 e. The van der Waals surface area contributed by atoms with Crippen LogP contribution < -0.4 is 0 Å². The number of alkyl halides is 1. The summed E-state index contributed by atoms with van der Waals surface area (Å²) in [5, 5.41) is 0. The Morgan fingerprint density at radius 3 is 2.33 bits per heavy atom. The molecule has 1 rings (SSSR count). The molecule has 0 heterocycles. The summed E-state index contributed by atoms with van der Waals surface area (Å²) < 4.78 is 13.8. The molecule has 0 saturated carbocycles. The Morgan fingerprint density at radius 1 is 1.27 bits per heavy atom. The smallest absolute Gasteiger partial charge is 0.127 e. The minimum Gasteiger partial charge on any atom is -0.207 e. The predicted octanol–water partition coefficient (Wildman–Crippen LogP) is 4.72. The maximum atomic E-state index is 13.8. The molecule has 0 saturated heterocycles. The summed E-state index contributed by atoms with van der Waals surface area (Å²) >= 11 is 3.51. The molecular formula is C13H18BrF. The number of hydrogen-bond acceptors (Lipinski definition) is 0. The van der Waals surface area contributed by atoms with Crippen LogP contribution in [0.4, 0.5) is 4.39 Å². The molecule has 15 heavy (non-hydrogen) atoms. The molecule has 0 amide bonds. The SMILES string of the molecule is Cc1cc(C)c(C(C)CC(C)Br)c(F)c1. The monoisotopic (exact) mass is 272 g/mol. The standard InChI is InChI=1S/C13H18BrF/c1-8-5-9(2)13(12(15)6-8)10(3)7-11(4)14/h5-6,10-11H,7H2,1-4H3. The molecule has 0 spiro atoms. The molecule has 2 atom stereocenters. The van der Waals surface area contributed by atoms with Gasteiger partial charge in [0.15, 0.2) is 0 Å². The second-order valence-corrected chi connectivity index (χ2v) is 5.96. The van der Waals surface area contributed by atoms with Crippen LogP contribution >= 0.6 is 15.9 Å². The topological polar surface area (TPSA) is 0 Å². The van der Waals surface area contributed by atoms with Crippen LogP contribution in [0.15, 0.2) is 12.1 Å². The summed E-state index contributed by atoms with van der Waals surface area (Å²) in [6.07, 6.45) is 0.959. The van der Waals surface area contributed by atoms with Gasteiger partial charge in [-0.3, -0.25) is 0 Å². The Balaban J connectivity index is 3.03. The fourth-order valence-corrected chi connectivity index (χ4v) is 2.72. The zero-order chi connectivity index (χ0) is 11.6. The van der Waals surface area contributed by atoms with Crippen molar-refractivity contribution >= 4 is 15.9 Å². The molecular weight excluding hydrogens is 255 g/mol. The van der Waals surface area contributed by atoms with Gasteiger partial charge in [0.1, 0.15) is 5.82 Å². The average molecular weight is 273 g/mol. The number of halogens is 2. The number of benzene rings is 1. The van der Waals surface area contributed by atoms with Crippen molar-refractivity contribution in [2.24, 2.45) is 0 Å². The van der Waals surface area contributed by atoms with E-state index in [-0.39, 0.29) is 11.7 Å². The van der Waals surface area contributed by atoms with E-state index in [1.165, 1.54) is 0 Å². The van der Waals surface area contributed by atoms with Crippen molar-refractivity contribution in [2.75, 3.05) is 0 Å². The summed E-state index contributed by atoms with van der Waals surface area (Å²) in [7, 11) is 0. The Kier molecular flexibility index (Phi) is 4.32. The molecule has 0 aliphatic rings. The minimum absolute atomic E-state index is 0.0619. The summed E-state index contributed by atoms with van der Waals surface area (Å²) in [4.78, 5) is 0.424. The highest BCUT2D eigenvalue weighted by Gasteiger charge is 2.15. The zero-order valence-corrected chi connectivity index (χ0v) is 11.4. The molecule has 0 aliphatic heterocycles. The van der Waals surface area contributed by atoms with Crippen LogP contribution in [0.25, 0.3) is 0 Å². The fraction of sp³-hybridized carbons (Fsp3) is 0.538. The Hall–Kier alpha value is -0.370. The van der Waals surface area contributed by atoms with Gasteiger partial charge in [-0.05, 0) is 48.9 Å². The molecule has 0 aliphatic carbocycles. The van der Waals surface area contributed by atoms with Crippen molar-refractivity contribution in [1.29, 1.82) is 0 Å². The molecule has 1 aromatic rings. The van der Waals surface area contributed by atoms with Crippen molar-refractivity contribution in [1.82, 2.24) is 0 Å². The molecule has 2 heteroatoms. The quantitative estimate of drug-likeness (QED) is 0.699. The summed E-state index contributed by atoms with van der Waals surface area (Å²) in [5.41, 5.74) is 2.92. The van der Waals surface area contributed by atoms with Gasteiger partial charge in [-0.25, -0.2) is 4.39 Å². The van der Waals surface area contributed by atoms with E-state index in [4.69, 9.17) is 0 Å². The maximum absolute atomic E-state index is 13.8. The third-order valence-electron chi connectivity index (χ3n) is 2.65. The zero-order valence-electron chi connectivity index (χ0n) is 9.77. The molecule has 84 valence electrons. The van der Waals surface area contributed by atoms with Gasteiger partial charge in [-0.15, -0.1) is 0 Å². The normalized spacial score (nSPS) is 15.1. The molecule has 0 aromatic heterocycles. The van der Waals surface area contributed by atoms with E-state index >= 15 is 0 Å². The number of hydrogen-bond donors (Lipinski definition) is 0. The van der Waals surface area contributed by atoms with Crippen LogP contribution in [-0.2, 0) is 0 Å². The summed E-state index contributed by atoms with van der Waals surface area (Å²) in [5.74, 6) is 0.202. The lowest BCUT2D eigenvalue weighted by molar-refractivity contribution is 0.571. The van der Waals surface area contributed by atoms with Crippen LogP contribution in [0.5, 0.6) is 0 Å². The van der Waals surface area contributed by atoms with Crippen LogP contribution in [0, 0.1) is 19.7 Å². The highest BCUT2D eigenvalue weighted by atomic mass is 79.9. The first kappa shape index (κ1) is 12.7. The third kappa shape index (κ3) is 3.30. The third-order valence-corrected chi connectivity index (χ3v) is 3.03. The lowest BCUT2D eigenvalue weighted by Crippen LogP contribution is -2.05. The van der Waals surface area contributed by atoms with E-state index in [2.05, 4.69) is 29.8 Å². The van der Waals surface area contributed by atoms with Gasteiger partial charge < -0.3 is 0 Å². The van der Waals surface area contributed by atoms with Crippen LogP contribution in [0.3, 0.4) is 0 Å². The first-order valence-corrected chi connectivity index (χ1v) is 6.24. The van der Waals surface area contributed by atoms with Crippen LogP contribution in [0.1, 0.15) is 42.9 Å². The van der Waals surface area contributed by atoms with Crippen molar-refractivity contribution in [3.05, 3.63) is 34.6 Å². The van der Waals surface area contributed by atoms with Crippen LogP contribution in [-0.4, -0.2) is 4.83 Å². The second kappa shape index (κ2) is 5.11. The lowest BCUT2D eigenvalue weighted by Gasteiger charge is -2.17. The molecule has 1 aromatic carbocycles. The first-order chi connectivity index (χ1) is 6.91. The van der Waals surface area contributed by atoms with E-state index in [0.717, 1.165) is 23.1 Å². The Morgan fingerprint density at radius 2 is 1.87 bits per heavy atom. The molecule has 0 N–H and O–H groups in total. The van der Waals surface area contributed by atoms with E-state index < -0.39 is 0 Å². The van der Waals surface area contributed by atoms with Crippen molar-refractivity contribution < 1.29 is 4.39 Å². The van der Waals surface area contributed by atoms with Gasteiger partial charge in [-0.2, -0.15) is 0 Å².